The van der Waals surface area contributed by atoms with Crippen molar-refractivity contribution in [1.82, 2.24) is 15.0 Å². The Hall–Kier alpha value is -2.59. The van der Waals surface area contributed by atoms with Gasteiger partial charge in [0.25, 0.3) is 0 Å². The molecule has 2 aromatic heterocycles. The molecule has 0 unspecified atom stereocenters. The van der Waals surface area contributed by atoms with Crippen molar-refractivity contribution in [3.63, 3.8) is 0 Å². The van der Waals surface area contributed by atoms with Gasteiger partial charge in [-0.2, -0.15) is 5.26 Å². The predicted molar refractivity (Wildman–Crippen MR) is 102 cm³/mol. The lowest BCUT2D eigenvalue weighted by atomic mass is 10.2. The third-order valence-electron chi connectivity index (χ3n) is 4.92. The molecule has 8 heteroatoms. The molecule has 0 aromatic carbocycles. The Morgan fingerprint density at radius 1 is 0.846 bits per heavy atom. The molecular weight excluding hydrogens is 350 g/mol. The summed E-state index contributed by atoms with van der Waals surface area (Å²) in [6, 6.07) is 5.82. The summed E-state index contributed by atoms with van der Waals surface area (Å²) in [5.41, 5.74) is 0.479. The van der Waals surface area contributed by atoms with Gasteiger partial charge in [-0.3, -0.25) is 0 Å². The van der Waals surface area contributed by atoms with E-state index in [1.807, 2.05) is 0 Å². The van der Waals surface area contributed by atoms with Gasteiger partial charge < -0.3 is 14.7 Å². The minimum absolute atomic E-state index is 0.479. The van der Waals surface area contributed by atoms with Crippen LogP contribution in [-0.4, -0.2) is 54.2 Å². The van der Waals surface area contributed by atoms with Gasteiger partial charge in [-0.1, -0.05) is 11.6 Å². The van der Waals surface area contributed by atoms with Crippen LogP contribution in [0, 0.1) is 11.3 Å². The van der Waals surface area contributed by atoms with Gasteiger partial charge in [-0.15, -0.1) is 0 Å². The van der Waals surface area contributed by atoms with Crippen LogP contribution in [0.25, 0.3) is 0 Å². The molecule has 0 amide bonds. The van der Waals surface area contributed by atoms with Gasteiger partial charge in [0, 0.05) is 51.5 Å². The summed E-state index contributed by atoms with van der Waals surface area (Å²) >= 11 is 6.29. The Balaban J connectivity index is 1.44. The zero-order valence-electron chi connectivity index (χ0n) is 14.5. The van der Waals surface area contributed by atoms with Crippen LogP contribution in [0.2, 0.25) is 5.02 Å². The van der Waals surface area contributed by atoms with E-state index in [-0.39, 0.29) is 0 Å². The second-order valence-electron chi connectivity index (χ2n) is 6.54. The molecule has 7 nitrogen and oxygen atoms in total. The Morgan fingerprint density at radius 3 is 2.08 bits per heavy atom. The standard InChI is InChI=1S/C18H20ClN7/c19-15-9-14(11-20)12-21-18(15)26-7-5-25(6-8-26)17-10-16(22-13-23-17)24-3-1-2-4-24/h9-10,12-13H,1-8H2. The van der Waals surface area contributed by atoms with Crippen LogP contribution >= 0.6 is 11.6 Å². The number of anilines is 3. The normalized spacial score (nSPS) is 17.5. The summed E-state index contributed by atoms with van der Waals surface area (Å²) in [4.78, 5) is 20.0. The Bertz CT molecular complexity index is 821. The molecule has 2 aromatic rings. The molecule has 2 fully saturated rings. The molecule has 134 valence electrons. The van der Waals surface area contributed by atoms with Crippen LogP contribution in [0.4, 0.5) is 17.5 Å². The molecule has 0 aliphatic carbocycles. The van der Waals surface area contributed by atoms with Crippen LogP contribution in [0.15, 0.2) is 24.7 Å². The zero-order valence-corrected chi connectivity index (χ0v) is 15.2. The van der Waals surface area contributed by atoms with E-state index in [0.717, 1.165) is 56.7 Å². The maximum Gasteiger partial charge on any atom is 0.147 e. The van der Waals surface area contributed by atoms with Crippen LogP contribution in [0.1, 0.15) is 18.4 Å². The highest BCUT2D eigenvalue weighted by atomic mass is 35.5. The molecule has 0 radical (unpaired) electrons. The fraction of sp³-hybridized carbons (Fsp3) is 0.444. The maximum absolute atomic E-state index is 8.94. The fourth-order valence-electron chi connectivity index (χ4n) is 3.50. The number of hydrogen-bond acceptors (Lipinski definition) is 7. The molecule has 0 spiro atoms. The number of piperazine rings is 1. The van der Waals surface area contributed by atoms with Crippen LogP contribution in [0.5, 0.6) is 0 Å². The summed E-state index contributed by atoms with van der Waals surface area (Å²) in [6.45, 7) is 5.45. The van der Waals surface area contributed by atoms with Crippen molar-refractivity contribution < 1.29 is 0 Å². The first-order valence-electron chi connectivity index (χ1n) is 8.87. The fourth-order valence-corrected chi connectivity index (χ4v) is 3.79. The first-order valence-corrected chi connectivity index (χ1v) is 9.25. The molecule has 0 saturated carbocycles. The highest BCUT2D eigenvalue weighted by molar-refractivity contribution is 6.33. The Morgan fingerprint density at radius 2 is 1.46 bits per heavy atom. The van der Waals surface area contributed by atoms with Gasteiger partial charge in [0.15, 0.2) is 0 Å². The molecule has 4 rings (SSSR count). The number of halogens is 1. The summed E-state index contributed by atoms with van der Waals surface area (Å²) in [5.74, 6) is 2.73. The van der Waals surface area contributed by atoms with E-state index in [2.05, 4.69) is 41.8 Å². The molecule has 2 aliphatic rings. The summed E-state index contributed by atoms with van der Waals surface area (Å²) in [5, 5.41) is 9.46. The monoisotopic (exact) mass is 369 g/mol. The van der Waals surface area contributed by atoms with Crippen molar-refractivity contribution in [2.45, 2.75) is 12.8 Å². The van der Waals surface area contributed by atoms with E-state index in [1.165, 1.54) is 12.8 Å². The largest absolute Gasteiger partial charge is 0.356 e. The van der Waals surface area contributed by atoms with Gasteiger partial charge in [-0.05, 0) is 18.9 Å². The topological polar surface area (TPSA) is 72.2 Å². The summed E-state index contributed by atoms with van der Waals surface area (Å²) in [6.07, 6.45) is 5.70. The quantitative estimate of drug-likeness (QED) is 0.822. The SMILES string of the molecule is N#Cc1cnc(N2CCN(c3cc(N4CCCC4)ncn3)CC2)c(Cl)c1. The molecule has 4 heterocycles. The highest BCUT2D eigenvalue weighted by Crippen LogP contribution is 2.27. The minimum Gasteiger partial charge on any atom is -0.356 e. The summed E-state index contributed by atoms with van der Waals surface area (Å²) < 4.78 is 0. The predicted octanol–water partition coefficient (Wildman–Crippen LogP) is 2.32. The number of pyridine rings is 1. The van der Waals surface area contributed by atoms with E-state index in [4.69, 9.17) is 16.9 Å². The van der Waals surface area contributed by atoms with Crippen molar-refractivity contribution >= 4 is 29.1 Å². The molecule has 2 saturated heterocycles. The molecule has 0 N–H and O–H groups in total. The lowest BCUT2D eigenvalue weighted by Gasteiger charge is -2.36. The number of rotatable bonds is 3. The summed E-state index contributed by atoms with van der Waals surface area (Å²) in [7, 11) is 0. The van der Waals surface area contributed by atoms with Crippen molar-refractivity contribution in [3.8, 4) is 6.07 Å². The second kappa shape index (κ2) is 7.34. The van der Waals surface area contributed by atoms with E-state index in [0.29, 0.717) is 10.6 Å². The Kier molecular flexibility index (Phi) is 4.76. The van der Waals surface area contributed by atoms with E-state index < -0.39 is 0 Å². The number of nitrogens with zero attached hydrogens (tertiary/aromatic N) is 7. The smallest absolute Gasteiger partial charge is 0.147 e. The first-order chi connectivity index (χ1) is 12.7. The molecular formula is C18H20ClN7. The average Bonchev–Trinajstić information content (AvgIpc) is 3.23. The van der Waals surface area contributed by atoms with Gasteiger partial charge in [0.05, 0.1) is 10.6 Å². The third-order valence-corrected chi connectivity index (χ3v) is 5.20. The zero-order chi connectivity index (χ0) is 17.9. The van der Waals surface area contributed by atoms with Crippen LogP contribution in [-0.2, 0) is 0 Å². The highest BCUT2D eigenvalue weighted by Gasteiger charge is 2.22. The van der Waals surface area contributed by atoms with Crippen molar-refractivity contribution in [1.29, 1.82) is 5.26 Å². The van der Waals surface area contributed by atoms with E-state index in [9.17, 15) is 0 Å². The van der Waals surface area contributed by atoms with Gasteiger partial charge >= 0.3 is 0 Å². The first kappa shape index (κ1) is 16.9. The lowest BCUT2D eigenvalue weighted by molar-refractivity contribution is 0.641. The van der Waals surface area contributed by atoms with Crippen molar-refractivity contribution in [2.24, 2.45) is 0 Å². The number of hydrogen-bond donors (Lipinski definition) is 0. The maximum atomic E-state index is 8.94. The van der Waals surface area contributed by atoms with Gasteiger partial charge in [0.2, 0.25) is 0 Å². The minimum atomic E-state index is 0.479. The van der Waals surface area contributed by atoms with Crippen LogP contribution in [0.3, 0.4) is 0 Å². The molecule has 2 aliphatic heterocycles. The average molecular weight is 370 g/mol. The molecule has 26 heavy (non-hydrogen) atoms. The lowest BCUT2D eigenvalue weighted by Crippen LogP contribution is -2.47. The third kappa shape index (κ3) is 3.37. The Labute approximate surface area is 157 Å². The van der Waals surface area contributed by atoms with E-state index in [1.54, 1.807) is 18.6 Å². The molecule has 0 atom stereocenters. The molecule has 0 bridgehead atoms. The van der Waals surface area contributed by atoms with Gasteiger partial charge in [-0.25, -0.2) is 15.0 Å². The van der Waals surface area contributed by atoms with Crippen LogP contribution < -0.4 is 14.7 Å². The van der Waals surface area contributed by atoms with Crippen molar-refractivity contribution in [2.75, 3.05) is 54.0 Å². The second-order valence-corrected chi connectivity index (χ2v) is 6.95. The number of nitriles is 1. The van der Waals surface area contributed by atoms with E-state index >= 15 is 0 Å². The van der Waals surface area contributed by atoms with Crippen molar-refractivity contribution in [3.05, 3.63) is 35.2 Å². The number of aromatic nitrogens is 3. The van der Waals surface area contributed by atoms with Gasteiger partial charge in [0.1, 0.15) is 29.9 Å².